The molecule has 0 saturated heterocycles. The van der Waals surface area contributed by atoms with Gasteiger partial charge in [-0.25, -0.2) is 15.0 Å². The van der Waals surface area contributed by atoms with Gasteiger partial charge in [0.1, 0.15) is 0 Å². The maximum absolute atomic E-state index is 5.20. The molecular weight excluding hydrogens is 701 g/mol. The maximum Gasteiger partial charge on any atom is 0.165 e. The lowest BCUT2D eigenvalue weighted by atomic mass is 10.0. The summed E-state index contributed by atoms with van der Waals surface area (Å²) < 4.78 is 4.83. The van der Waals surface area contributed by atoms with Crippen molar-refractivity contribution in [2.45, 2.75) is 0 Å². The van der Waals surface area contributed by atoms with Crippen LogP contribution in [-0.4, -0.2) is 19.5 Å². The van der Waals surface area contributed by atoms with Gasteiger partial charge in [-0.15, -0.1) is 11.3 Å². The predicted octanol–water partition coefficient (Wildman–Crippen LogP) is 13.7. The topological polar surface area (TPSA) is 43.6 Å². The van der Waals surface area contributed by atoms with E-state index in [9.17, 15) is 0 Å². The molecule has 0 N–H and O–H groups in total. The van der Waals surface area contributed by atoms with Gasteiger partial charge < -0.3 is 4.57 Å². The van der Waals surface area contributed by atoms with Gasteiger partial charge in [0.05, 0.1) is 15.7 Å². The van der Waals surface area contributed by atoms with Crippen molar-refractivity contribution < 1.29 is 0 Å². The van der Waals surface area contributed by atoms with Crippen LogP contribution in [0.25, 0.3) is 104 Å². The minimum Gasteiger partial charge on any atom is -0.308 e. The molecule has 11 aromatic rings. The Balaban J connectivity index is 1.11. The first kappa shape index (κ1) is 32.2. The number of fused-ring (bicyclic) bond motifs is 7. The third-order valence-corrected chi connectivity index (χ3v) is 12.0. The van der Waals surface area contributed by atoms with Gasteiger partial charge in [-0.2, -0.15) is 0 Å². The summed E-state index contributed by atoms with van der Waals surface area (Å²) in [7, 11) is 0. The molecule has 0 fully saturated rings. The average Bonchev–Trinajstić information content (AvgIpc) is 3.84. The average molecular weight is 733 g/mol. The Morgan fingerprint density at radius 3 is 1.45 bits per heavy atom. The number of para-hydroxylation sites is 1. The van der Waals surface area contributed by atoms with E-state index in [1.165, 1.54) is 54.0 Å². The highest BCUT2D eigenvalue weighted by atomic mass is 32.1. The van der Waals surface area contributed by atoms with Crippen LogP contribution in [0.5, 0.6) is 0 Å². The molecule has 0 amide bonds. The van der Waals surface area contributed by atoms with Gasteiger partial charge >= 0.3 is 0 Å². The third-order valence-electron chi connectivity index (χ3n) is 10.7. The standard InChI is InChI=1S/C51H32N4S/c1-4-13-33(14-5-1)35-23-25-38(26-24-35)50-52-49(37-17-8-3-9-18-37)53-51(54-50)44-21-12-20-42-43-32-31-41-40-19-10-11-22-45(40)55(46(41)48(43)56-47(42)44)39-29-27-36(28-30-39)34-15-6-2-7-16-34/h1-32H. The van der Waals surface area contributed by atoms with Crippen LogP contribution in [0.15, 0.2) is 194 Å². The van der Waals surface area contributed by atoms with Crippen LogP contribution in [0.4, 0.5) is 0 Å². The van der Waals surface area contributed by atoms with Crippen molar-refractivity contribution in [1.82, 2.24) is 19.5 Å². The smallest absolute Gasteiger partial charge is 0.165 e. The summed E-state index contributed by atoms with van der Waals surface area (Å²) in [6.07, 6.45) is 0. The summed E-state index contributed by atoms with van der Waals surface area (Å²) in [4.78, 5) is 15.4. The second-order valence-corrected chi connectivity index (χ2v) is 15.0. The lowest BCUT2D eigenvalue weighted by Crippen LogP contribution is -2.00. The van der Waals surface area contributed by atoms with Crippen molar-refractivity contribution in [3.05, 3.63) is 194 Å². The van der Waals surface area contributed by atoms with E-state index in [1.807, 2.05) is 35.6 Å². The van der Waals surface area contributed by atoms with E-state index >= 15 is 0 Å². The number of thiophene rings is 1. The first-order valence-electron chi connectivity index (χ1n) is 18.8. The molecule has 3 heterocycles. The molecule has 0 aliphatic rings. The fourth-order valence-corrected chi connectivity index (χ4v) is 9.31. The molecule has 0 unspecified atom stereocenters. The highest BCUT2D eigenvalue weighted by molar-refractivity contribution is 7.27. The molecule has 5 heteroatoms. The molecule has 0 bridgehead atoms. The van der Waals surface area contributed by atoms with E-state index in [0.717, 1.165) is 32.6 Å². The molecule has 11 rings (SSSR count). The Bertz CT molecular complexity index is 3200. The molecule has 0 spiro atoms. The highest BCUT2D eigenvalue weighted by Gasteiger charge is 2.21. The lowest BCUT2D eigenvalue weighted by Gasteiger charge is -2.10. The van der Waals surface area contributed by atoms with E-state index in [0.29, 0.717) is 17.5 Å². The summed E-state index contributed by atoms with van der Waals surface area (Å²) in [5.74, 6) is 1.96. The van der Waals surface area contributed by atoms with E-state index in [-0.39, 0.29) is 0 Å². The van der Waals surface area contributed by atoms with Crippen molar-refractivity contribution in [2.24, 2.45) is 0 Å². The molecule has 0 atom stereocenters. The molecule has 56 heavy (non-hydrogen) atoms. The van der Waals surface area contributed by atoms with Gasteiger partial charge in [0.25, 0.3) is 0 Å². The van der Waals surface area contributed by atoms with Crippen molar-refractivity contribution in [2.75, 3.05) is 0 Å². The van der Waals surface area contributed by atoms with Crippen LogP contribution in [-0.2, 0) is 0 Å². The Kier molecular flexibility index (Phi) is 7.64. The quantitative estimate of drug-likeness (QED) is 0.171. The Morgan fingerprint density at radius 1 is 0.321 bits per heavy atom. The largest absolute Gasteiger partial charge is 0.308 e. The Morgan fingerprint density at radius 2 is 0.786 bits per heavy atom. The predicted molar refractivity (Wildman–Crippen MR) is 234 cm³/mol. The van der Waals surface area contributed by atoms with E-state index in [2.05, 4.69) is 174 Å². The second-order valence-electron chi connectivity index (χ2n) is 14.0. The number of hydrogen-bond acceptors (Lipinski definition) is 4. The van der Waals surface area contributed by atoms with Crippen LogP contribution in [0.2, 0.25) is 0 Å². The monoisotopic (exact) mass is 732 g/mol. The fourth-order valence-electron chi connectivity index (χ4n) is 7.97. The molecular formula is C51H32N4S. The van der Waals surface area contributed by atoms with Crippen molar-refractivity contribution in [1.29, 1.82) is 0 Å². The van der Waals surface area contributed by atoms with Gasteiger partial charge in [0.2, 0.25) is 0 Å². The number of hydrogen-bond donors (Lipinski definition) is 0. The van der Waals surface area contributed by atoms with E-state index < -0.39 is 0 Å². The van der Waals surface area contributed by atoms with Crippen LogP contribution in [0, 0.1) is 0 Å². The SMILES string of the molecule is c1ccc(-c2ccc(-c3nc(-c4ccccc4)nc(-c4cccc5c4sc4c5ccc5c6ccccc6n(-c6ccc(-c7ccccc7)cc6)c54)n3)cc2)cc1. The Hall–Kier alpha value is -7.21. The molecule has 3 aromatic heterocycles. The van der Waals surface area contributed by atoms with Gasteiger partial charge in [-0.3, -0.25) is 0 Å². The zero-order chi connectivity index (χ0) is 37.0. The highest BCUT2D eigenvalue weighted by Crippen LogP contribution is 2.45. The normalized spacial score (nSPS) is 11.6. The molecule has 4 nitrogen and oxygen atoms in total. The van der Waals surface area contributed by atoms with Crippen molar-refractivity contribution >= 4 is 53.3 Å². The molecule has 0 aliphatic heterocycles. The lowest BCUT2D eigenvalue weighted by molar-refractivity contribution is 1.08. The summed E-state index contributed by atoms with van der Waals surface area (Å²) >= 11 is 1.82. The number of rotatable bonds is 6. The van der Waals surface area contributed by atoms with Crippen LogP contribution >= 0.6 is 11.3 Å². The first-order valence-corrected chi connectivity index (χ1v) is 19.6. The summed E-state index contributed by atoms with van der Waals surface area (Å²) in [6, 6.07) is 68.5. The van der Waals surface area contributed by atoms with Crippen LogP contribution in [0.1, 0.15) is 0 Å². The van der Waals surface area contributed by atoms with Crippen molar-refractivity contribution in [3.63, 3.8) is 0 Å². The van der Waals surface area contributed by atoms with Gasteiger partial charge in [-0.1, -0.05) is 170 Å². The third kappa shape index (κ3) is 5.40. The fraction of sp³-hybridized carbons (Fsp3) is 0. The van der Waals surface area contributed by atoms with Gasteiger partial charge in [0, 0.05) is 48.6 Å². The minimum atomic E-state index is 0.646. The number of benzene rings is 8. The van der Waals surface area contributed by atoms with E-state index in [1.54, 1.807) is 0 Å². The second kappa shape index (κ2) is 13.3. The zero-order valence-corrected chi connectivity index (χ0v) is 31.0. The summed E-state index contributed by atoms with van der Waals surface area (Å²) in [5, 5.41) is 4.89. The van der Waals surface area contributed by atoms with Gasteiger partial charge in [0.15, 0.2) is 17.5 Å². The summed E-state index contributed by atoms with van der Waals surface area (Å²) in [5.41, 5.74) is 11.2. The minimum absolute atomic E-state index is 0.646. The van der Waals surface area contributed by atoms with E-state index in [4.69, 9.17) is 15.0 Å². The molecule has 262 valence electrons. The van der Waals surface area contributed by atoms with Crippen LogP contribution < -0.4 is 0 Å². The molecule has 0 aliphatic carbocycles. The van der Waals surface area contributed by atoms with Crippen LogP contribution in [0.3, 0.4) is 0 Å². The number of aromatic nitrogens is 4. The maximum atomic E-state index is 5.20. The Labute approximate surface area is 327 Å². The zero-order valence-electron chi connectivity index (χ0n) is 30.2. The first-order chi connectivity index (χ1) is 27.8. The van der Waals surface area contributed by atoms with Gasteiger partial charge in [-0.05, 0) is 46.5 Å². The number of nitrogens with zero attached hydrogens (tertiary/aromatic N) is 4. The molecule has 0 saturated carbocycles. The summed E-state index contributed by atoms with van der Waals surface area (Å²) in [6.45, 7) is 0. The molecule has 0 radical (unpaired) electrons. The van der Waals surface area contributed by atoms with Crippen molar-refractivity contribution in [3.8, 4) is 62.1 Å². The molecule has 8 aromatic carbocycles.